The number of hydrogen-bond donors (Lipinski definition) is 0. The zero-order valence-corrected chi connectivity index (χ0v) is 16.7. The maximum atomic E-state index is 13.4. The van der Waals surface area contributed by atoms with Gasteiger partial charge in [0.25, 0.3) is 5.91 Å². The largest absolute Gasteiger partial charge is 0.497 e. The lowest BCUT2D eigenvalue weighted by atomic mass is 10.1. The van der Waals surface area contributed by atoms with Gasteiger partial charge >= 0.3 is 0 Å². The van der Waals surface area contributed by atoms with Crippen molar-refractivity contribution >= 4 is 17.9 Å². The van der Waals surface area contributed by atoms with E-state index in [0.717, 1.165) is 17.7 Å². The second-order valence-electron chi connectivity index (χ2n) is 6.73. The van der Waals surface area contributed by atoms with Crippen molar-refractivity contribution in [2.24, 2.45) is 0 Å². The van der Waals surface area contributed by atoms with Crippen molar-refractivity contribution in [3.63, 3.8) is 0 Å². The number of hydrogen-bond acceptors (Lipinski definition) is 4. The van der Waals surface area contributed by atoms with Crippen LogP contribution in [0, 0.1) is 11.6 Å². The Balaban J connectivity index is 1.59. The van der Waals surface area contributed by atoms with E-state index in [4.69, 9.17) is 9.47 Å². The molecule has 1 saturated heterocycles. The topological polar surface area (TPSA) is 59.1 Å². The number of ether oxygens (including phenoxy) is 2. The first-order valence-corrected chi connectivity index (χ1v) is 9.35. The number of amides is 2. The number of benzene rings is 2. The smallest absolute Gasteiger partial charge is 0.254 e. The summed E-state index contributed by atoms with van der Waals surface area (Å²) in [6.45, 7) is 1.31. The van der Waals surface area contributed by atoms with Crippen molar-refractivity contribution in [2.75, 3.05) is 40.4 Å². The summed E-state index contributed by atoms with van der Waals surface area (Å²) >= 11 is 0. The Hall–Kier alpha value is -3.42. The number of methoxy groups -OCH3 is 2. The van der Waals surface area contributed by atoms with Crippen LogP contribution in [0.25, 0.3) is 6.08 Å². The average Bonchev–Trinajstić information content (AvgIpc) is 2.78. The van der Waals surface area contributed by atoms with Crippen LogP contribution in [-0.4, -0.2) is 62.0 Å². The Morgan fingerprint density at radius 3 is 2.03 bits per heavy atom. The summed E-state index contributed by atoms with van der Waals surface area (Å²) < 4.78 is 36.9. The minimum Gasteiger partial charge on any atom is -0.497 e. The zero-order valence-electron chi connectivity index (χ0n) is 16.7. The van der Waals surface area contributed by atoms with Gasteiger partial charge in [-0.2, -0.15) is 0 Å². The molecule has 0 unspecified atom stereocenters. The van der Waals surface area contributed by atoms with Crippen molar-refractivity contribution in [3.05, 3.63) is 65.2 Å². The molecule has 30 heavy (non-hydrogen) atoms. The van der Waals surface area contributed by atoms with E-state index >= 15 is 0 Å². The molecule has 2 aromatic carbocycles. The molecule has 0 N–H and O–H groups in total. The van der Waals surface area contributed by atoms with Crippen LogP contribution < -0.4 is 9.47 Å². The number of carbonyl (C=O) groups excluding carboxylic acids is 2. The molecule has 0 bridgehead atoms. The molecule has 0 radical (unpaired) electrons. The van der Waals surface area contributed by atoms with E-state index in [2.05, 4.69) is 0 Å². The minimum absolute atomic E-state index is 0.0838. The van der Waals surface area contributed by atoms with Gasteiger partial charge in [0, 0.05) is 43.9 Å². The molecule has 0 aromatic heterocycles. The quantitative estimate of drug-likeness (QED) is 0.704. The van der Waals surface area contributed by atoms with E-state index in [1.165, 1.54) is 17.0 Å². The number of piperazine rings is 1. The maximum absolute atomic E-state index is 13.4. The molecule has 0 saturated carbocycles. The third-order valence-corrected chi connectivity index (χ3v) is 4.84. The van der Waals surface area contributed by atoms with Crippen LogP contribution in [0.5, 0.6) is 11.5 Å². The van der Waals surface area contributed by atoms with Gasteiger partial charge in [-0.25, -0.2) is 8.78 Å². The molecule has 0 aliphatic carbocycles. The summed E-state index contributed by atoms with van der Waals surface area (Å²) in [6.07, 6.45) is 3.13. The lowest BCUT2D eigenvalue weighted by Gasteiger charge is -2.34. The van der Waals surface area contributed by atoms with Gasteiger partial charge in [0.2, 0.25) is 5.91 Å². The Labute approximate surface area is 173 Å². The fourth-order valence-electron chi connectivity index (χ4n) is 3.14. The predicted octanol–water partition coefficient (Wildman–Crippen LogP) is 2.98. The number of halogens is 2. The first kappa shape index (κ1) is 21.3. The van der Waals surface area contributed by atoms with Gasteiger partial charge in [0.05, 0.1) is 14.2 Å². The van der Waals surface area contributed by atoms with Crippen LogP contribution in [0.1, 0.15) is 15.9 Å². The highest BCUT2D eigenvalue weighted by Crippen LogP contribution is 2.23. The van der Waals surface area contributed by atoms with Crippen LogP contribution in [0.15, 0.2) is 42.5 Å². The lowest BCUT2D eigenvalue weighted by molar-refractivity contribution is -0.127. The second kappa shape index (κ2) is 9.39. The van der Waals surface area contributed by atoms with Gasteiger partial charge in [-0.05, 0) is 42.0 Å². The first-order valence-electron chi connectivity index (χ1n) is 9.35. The van der Waals surface area contributed by atoms with Gasteiger partial charge in [0.15, 0.2) is 11.6 Å². The average molecular weight is 416 g/mol. The molecule has 2 amide bonds. The number of nitrogens with zero attached hydrogens (tertiary/aromatic N) is 2. The third kappa shape index (κ3) is 4.94. The summed E-state index contributed by atoms with van der Waals surface area (Å²) in [5.41, 5.74) is 0.840. The molecule has 6 nitrogen and oxygen atoms in total. The molecule has 0 spiro atoms. The van der Waals surface area contributed by atoms with Crippen molar-refractivity contribution in [1.29, 1.82) is 0 Å². The van der Waals surface area contributed by atoms with E-state index in [1.807, 2.05) is 0 Å². The Kier molecular flexibility index (Phi) is 6.66. The van der Waals surface area contributed by atoms with E-state index < -0.39 is 11.6 Å². The highest BCUT2D eigenvalue weighted by molar-refractivity contribution is 5.95. The summed E-state index contributed by atoms with van der Waals surface area (Å²) in [7, 11) is 3.10. The summed E-state index contributed by atoms with van der Waals surface area (Å²) in [6, 6.07) is 8.38. The van der Waals surface area contributed by atoms with Crippen LogP contribution in [0.4, 0.5) is 8.78 Å². The molecule has 1 heterocycles. The van der Waals surface area contributed by atoms with E-state index in [9.17, 15) is 18.4 Å². The van der Waals surface area contributed by atoms with Crippen molar-refractivity contribution in [3.8, 4) is 11.5 Å². The minimum atomic E-state index is -1.06. The monoisotopic (exact) mass is 416 g/mol. The second-order valence-corrected chi connectivity index (χ2v) is 6.73. The zero-order chi connectivity index (χ0) is 21.7. The highest BCUT2D eigenvalue weighted by atomic mass is 19.2. The SMILES string of the molecule is COc1cc(/C=C/C(=O)N2CCN(C(=O)c3ccc(F)c(F)c3)CC2)cc(OC)c1. The van der Waals surface area contributed by atoms with Crippen molar-refractivity contribution in [2.45, 2.75) is 0 Å². The van der Waals surface area contributed by atoms with E-state index in [-0.39, 0.29) is 17.4 Å². The summed E-state index contributed by atoms with van der Waals surface area (Å²) in [4.78, 5) is 28.1. The Bertz CT molecular complexity index is 947. The Morgan fingerprint density at radius 1 is 0.867 bits per heavy atom. The predicted molar refractivity (Wildman–Crippen MR) is 107 cm³/mol. The van der Waals surface area contributed by atoms with E-state index in [1.54, 1.807) is 43.4 Å². The molecule has 2 aromatic rings. The highest BCUT2D eigenvalue weighted by Gasteiger charge is 2.24. The Morgan fingerprint density at radius 2 is 1.47 bits per heavy atom. The molecular weight excluding hydrogens is 394 g/mol. The van der Waals surface area contributed by atoms with Gasteiger partial charge in [-0.15, -0.1) is 0 Å². The summed E-state index contributed by atoms with van der Waals surface area (Å²) in [5, 5.41) is 0. The molecule has 1 fully saturated rings. The van der Waals surface area contributed by atoms with E-state index in [0.29, 0.717) is 37.7 Å². The van der Waals surface area contributed by atoms with Crippen molar-refractivity contribution in [1.82, 2.24) is 9.80 Å². The van der Waals surface area contributed by atoms with Crippen molar-refractivity contribution < 1.29 is 27.8 Å². The van der Waals surface area contributed by atoms with Gasteiger partial charge in [0.1, 0.15) is 11.5 Å². The first-order chi connectivity index (χ1) is 14.4. The molecule has 0 atom stereocenters. The molecule has 1 aliphatic heterocycles. The normalized spacial score (nSPS) is 14.1. The standard InChI is InChI=1S/C22H22F2N2O4/c1-29-17-11-15(12-18(14-17)30-2)3-6-21(27)25-7-9-26(10-8-25)22(28)16-4-5-19(23)20(24)13-16/h3-6,11-14H,7-10H2,1-2H3/b6-3+. The molecule has 3 rings (SSSR count). The molecule has 8 heteroatoms. The molecule has 158 valence electrons. The van der Waals surface area contributed by atoms with Gasteiger partial charge < -0.3 is 19.3 Å². The number of carbonyl (C=O) groups is 2. The molecule has 1 aliphatic rings. The van der Waals surface area contributed by atoms with Gasteiger partial charge in [-0.1, -0.05) is 0 Å². The van der Waals surface area contributed by atoms with Crippen LogP contribution in [0.2, 0.25) is 0 Å². The molecular formula is C22H22F2N2O4. The third-order valence-electron chi connectivity index (χ3n) is 4.84. The summed E-state index contributed by atoms with van der Waals surface area (Å²) in [5.74, 6) is -1.40. The number of rotatable bonds is 5. The lowest BCUT2D eigenvalue weighted by Crippen LogP contribution is -2.50. The maximum Gasteiger partial charge on any atom is 0.254 e. The van der Waals surface area contributed by atoms with Crippen LogP contribution >= 0.6 is 0 Å². The fourth-order valence-corrected chi connectivity index (χ4v) is 3.14. The fraction of sp³-hybridized carbons (Fsp3) is 0.273. The van der Waals surface area contributed by atoms with Crippen LogP contribution in [-0.2, 0) is 4.79 Å². The van der Waals surface area contributed by atoms with Gasteiger partial charge in [-0.3, -0.25) is 9.59 Å². The van der Waals surface area contributed by atoms with Crippen LogP contribution in [0.3, 0.4) is 0 Å².